The number of methoxy groups -OCH3 is 1. The van der Waals surface area contributed by atoms with Gasteiger partial charge < -0.3 is 14.6 Å². The molecule has 5 nitrogen and oxygen atoms in total. The maximum Gasteiger partial charge on any atom is 0.311 e. The lowest BCUT2D eigenvalue weighted by atomic mass is 9.79. The summed E-state index contributed by atoms with van der Waals surface area (Å²) in [5.41, 5.74) is -0.674. The number of ether oxygens (including phenoxy) is 2. The van der Waals surface area contributed by atoms with Crippen LogP contribution in [0.2, 0.25) is 0 Å². The molecular weight excluding hydrogens is 224 g/mol. The van der Waals surface area contributed by atoms with E-state index in [2.05, 4.69) is 0 Å². The van der Waals surface area contributed by atoms with Crippen LogP contribution in [0.1, 0.15) is 33.6 Å². The second kappa shape index (κ2) is 7.27. The Morgan fingerprint density at radius 3 is 2.41 bits per heavy atom. The lowest BCUT2D eigenvalue weighted by Crippen LogP contribution is -2.33. The highest BCUT2D eigenvalue weighted by Crippen LogP contribution is 2.31. The van der Waals surface area contributed by atoms with E-state index in [0.717, 1.165) is 0 Å². The first-order valence-electron chi connectivity index (χ1n) is 5.77. The zero-order valence-corrected chi connectivity index (χ0v) is 11.0. The topological polar surface area (TPSA) is 72.8 Å². The molecule has 0 heterocycles. The van der Waals surface area contributed by atoms with Crippen LogP contribution in [0.25, 0.3) is 0 Å². The van der Waals surface area contributed by atoms with E-state index < -0.39 is 17.3 Å². The van der Waals surface area contributed by atoms with Gasteiger partial charge >= 0.3 is 11.9 Å². The Hall–Kier alpha value is -1.10. The molecule has 0 bridgehead atoms. The molecule has 0 saturated heterocycles. The van der Waals surface area contributed by atoms with Crippen molar-refractivity contribution in [3.63, 3.8) is 0 Å². The second-order valence-corrected chi connectivity index (χ2v) is 4.40. The van der Waals surface area contributed by atoms with E-state index in [1.54, 1.807) is 13.8 Å². The Bertz CT molecular complexity index is 264. The highest BCUT2D eigenvalue weighted by molar-refractivity contribution is 5.78. The van der Waals surface area contributed by atoms with Crippen LogP contribution >= 0.6 is 0 Å². The predicted octanol–water partition coefficient (Wildman–Crippen LogP) is 1.14. The molecule has 0 aromatic rings. The number of aliphatic hydroxyl groups is 1. The largest absolute Gasteiger partial charge is 0.469 e. The summed E-state index contributed by atoms with van der Waals surface area (Å²) in [6.07, 6.45) is 0.970. The quantitative estimate of drug-likeness (QED) is 0.682. The van der Waals surface area contributed by atoms with Gasteiger partial charge in [-0.2, -0.15) is 0 Å². The average Bonchev–Trinajstić information content (AvgIpc) is 2.34. The molecule has 2 atom stereocenters. The van der Waals surface area contributed by atoms with Gasteiger partial charge in [-0.3, -0.25) is 9.59 Å². The van der Waals surface area contributed by atoms with E-state index in [0.29, 0.717) is 12.8 Å². The number of carbonyl (C=O) groups excluding carboxylic acids is 2. The fourth-order valence-corrected chi connectivity index (χ4v) is 1.67. The lowest BCUT2D eigenvalue weighted by molar-refractivity contribution is -0.156. The molecule has 0 spiro atoms. The number of carbonyl (C=O) groups is 2. The number of esters is 2. The third kappa shape index (κ3) is 4.73. The standard InChI is InChI=1S/C12H22O5/c1-5-12(3,11(15)16-4)8-9(2)10(14)17-7-6-13/h9,13H,5-8H2,1-4H3. The van der Waals surface area contributed by atoms with Gasteiger partial charge in [-0.1, -0.05) is 13.8 Å². The molecule has 0 saturated carbocycles. The molecule has 0 aromatic heterocycles. The second-order valence-electron chi connectivity index (χ2n) is 4.40. The molecule has 1 N–H and O–H groups in total. The Labute approximate surface area is 102 Å². The smallest absolute Gasteiger partial charge is 0.311 e. The first-order chi connectivity index (χ1) is 7.91. The third-order valence-electron chi connectivity index (χ3n) is 2.95. The van der Waals surface area contributed by atoms with E-state index in [1.165, 1.54) is 7.11 Å². The fourth-order valence-electron chi connectivity index (χ4n) is 1.67. The Morgan fingerprint density at radius 2 is 2.00 bits per heavy atom. The average molecular weight is 246 g/mol. The number of rotatable bonds is 7. The van der Waals surface area contributed by atoms with Crippen LogP contribution in [-0.2, 0) is 19.1 Å². The van der Waals surface area contributed by atoms with Gasteiger partial charge in [0.15, 0.2) is 0 Å². The van der Waals surface area contributed by atoms with Crippen molar-refractivity contribution in [2.75, 3.05) is 20.3 Å². The predicted molar refractivity (Wildman–Crippen MR) is 62.2 cm³/mol. The molecule has 0 aliphatic heterocycles. The van der Waals surface area contributed by atoms with Gasteiger partial charge in [0.25, 0.3) is 0 Å². The van der Waals surface area contributed by atoms with Crippen molar-refractivity contribution < 1.29 is 24.2 Å². The normalized spacial score (nSPS) is 15.8. The zero-order valence-electron chi connectivity index (χ0n) is 11.0. The summed E-state index contributed by atoms with van der Waals surface area (Å²) in [5.74, 6) is -1.12. The maximum absolute atomic E-state index is 11.6. The Kier molecular flexibility index (Phi) is 6.80. The van der Waals surface area contributed by atoms with E-state index >= 15 is 0 Å². The summed E-state index contributed by atoms with van der Waals surface area (Å²) in [7, 11) is 1.34. The van der Waals surface area contributed by atoms with Gasteiger partial charge in [-0.25, -0.2) is 0 Å². The molecule has 17 heavy (non-hydrogen) atoms. The van der Waals surface area contributed by atoms with Crippen LogP contribution in [0.15, 0.2) is 0 Å². The number of hydrogen-bond donors (Lipinski definition) is 1. The highest BCUT2D eigenvalue weighted by Gasteiger charge is 2.36. The number of aliphatic hydroxyl groups excluding tert-OH is 1. The fraction of sp³-hybridized carbons (Fsp3) is 0.833. The highest BCUT2D eigenvalue weighted by atomic mass is 16.5. The number of hydrogen-bond acceptors (Lipinski definition) is 5. The van der Waals surface area contributed by atoms with Crippen LogP contribution in [0.3, 0.4) is 0 Å². The van der Waals surface area contributed by atoms with Gasteiger partial charge in [0.05, 0.1) is 25.0 Å². The van der Waals surface area contributed by atoms with Crippen molar-refractivity contribution >= 4 is 11.9 Å². The third-order valence-corrected chi connectivity index (χ3v) is 2.95. The van der Waals surface area contributed by atoms with Gasteiger partial charge in [-0.15, -0.1) is 0 Å². The molecule has 0 aliphatic rings. The Morgan fingerprint density at radius 1 is 1.41 bits per heavy atom. The monoisotopic (exact) mass is 246 g/mol. The van der Waals surface area contributed by atoms with E-state index in [-0.39, 0.29) is 19.2 Å². The molecule has 0 rings (SSSR count). The molecule has 100 valence electrons. The van der Waals surface area contributed by atoms with Gasteiger partial charge in [0.1, 0.15) is 6.61 Å². The summed E-state index contributed by atoms with van der Waals surface area (Å²) in [6, 6.07) is 0. The van der Waals surface area contributed by atoms with Crippen LogP contribution in [0.5, 0.6) is 0 Å². The van der Waals surface area contributed by atoms with Gasteiger partial charge in [-0.05, 0) is 19.8 Å². The summed E-state index contributed by atoms with van der Waals surface area (Å²) >= 11 is 0. The first-order valence-corrected chi connectivity index (χ1v) is 5.77. The molecule has 0 radical (unpaired) electrons. The molecule has 2 unspecified atom stereocenters. The molecular formula is C12H22O5. The van der Waals surface area contributed by atoms with Crippen LogP contribution < -0.4 is 0 Å². The van der Waals surface area contributed by atoms with Crippen molar-refractivity contribution in [3.05, 3.63) is 0 Å². The minimum absolute atomic E-state index is 0.00969. The van der Waals surface area contributed by atoms with Crippen molar-refractivity contribution in [1.82, 2.24) is 0 Å². The van der Waals surface area contributed by atoms with E-state index in [4.69, 9.17) is 14.6 Å². The lowest BCUT2D eigenvalue weighted by Gasteiger charge is -2.27. The van der Waals surface area contributed by atoms with Crippen molar-refractivity contribution in [2.45, 2.75) is 33.6 Å². The van der Waals surface area contributed by atoms with Crippen molar-refractivity contribution in [1.29, 1.82) is 0 Å². The van der Waals surface area contributed by atoms with Crippen molar-refractivity contribution in [3.8, 4) is 0 Å². The van der Waals surface area contributed by atoms with Gasteiger partial charge in [0, 0.05) is 0 Å². The van der Waals surface area contributed by atoms with E-state index in [9.17, 15) is 9.59 Å². The molecule has 0 amide bonds. The molecule has 0 aliphatic carbocycles. The summed E-state index contributed by atoms with van der Waals surface area (Å²) in [5, 5.41) is 8.55. The summed E-state index contributed by atoms with van der Waals surface area (Å²) in [6.45, 7) is 5.15. The van der Waals surface area contributed by atoms with Crippen LogP contribution in [-0.4, -0.2) is 37.4 Å². The zero-order chi connectivity index (χ0) is 13.5. The minimum atomic E-state index is -0.674. The first kappa shape index (κ1) is 15.9. The maximum atomic E-state index is 11.6. The minimum Gasteiger partial charge on any atom is -0.469 e. The van der Waals surface area contributed by atoms with Gasteiger partial charge in [0.2, 0.25) is 0 Å². The van der Waals surface area contributed by atoms with Crippen LogP contribution in [0.4, 0.5) is 0 Å². The van der Waals surface area contributed by atoms with Crippen LogP contribution in [0, 0.1) is 11.3 Å². The van der Waals surface area contributed by atoms with Crippen molar-refractivity contribution in [2.24, 2.45) is 11.3 Å². The Balaban J connectivity index is 4.46. The molecule has 0 aromatic carbocycles. The SMILES string of the molecule is CCC(C)(CC(C)C(=O)OCCO)C(=O)OC. The molecule has 5 heteroatoms. The van der Waals surface area contributed by atoms with E-state index in [1.807, 2.05) is 6.92 Å². The summed E-state index contributed by atoms with van der Waals surface area (Å²) < 4.78 is 9.55. The summed E-state index contributed by atoms with van der Waals surface area (Å²) in [4.78, 5) is 23.1. The molecule has 0 fully saturated rings.